The van der Waals surface area contributed by atoms with E-state index in [1.807, 2.05) is 6.92 Å². The molecule has 2 heterocycles. The molecular weight excluding hydrogens is 214 g/mol. The molecule has 5 nitrogen and oxygen atoms in total. The molecule has 1 aromatic heterocycles. The van der Waals surface area contributed by atoms with Crippen molar-refractivity contribution in [3.05, 3.63) is 11.1 Å². The topological polar surface area (TPSA) is 66.3 Å². The predicted octanol–water partition coefficient (Wildman–Crippen LogP) is 0.381. The number of nitrogens with zero attached hydrogens (tertiary/aromatic N) is 3. The smallest absolute Gasteiger partial charge is 0.275 e. The molecule has 82 valence electrons. The van der Waals surface area contributed by atoms with E-state index < -0.39 is 6.10 Å². The number of amides is 1. The summed E-state index contributed by atoms with van der Waals surface area (Å²) in [4.78, 5) is 13.5. The molecule has 0 radical (unpaired) electrons. The molecule has 1 saturated heterocycles. The highest BCUT2D eigenvalue weighted by Gasteiger charge is 2.28. The van der Waals surface area contributed by atoms with E-state index in [-0.39, 0.29) is 11.8 Å². The molecule has 0 bridgehead atoms. The largest absolute Gasteiger partial charge is 0.391 e. The van der Waals surface area contributed by atoms with Crippen molar-refractivity contribution >= 4 is 17.4 Å². The van der Waals surface area contributed by atoms with E-state index in [0.717, 1.165) is 18.0 Å². The SMILES string of the molecule is CC1CCN(C(=O)c2csnn2)CC1O. The Labute approximate surface area is 91.9 Å². The standard InChI is InChI=1S/C9H13N3O2S/c1-6-2-3-12(4-8(6)13)9(14)7-5-15-11-10-7/h5-6,8,13H,2-4H2,1H3. The lowest BCUT2D eigenvalue weighted by Crippen LogP contribution is -2.45. The van der Waals surface area contributed by atoms with Gasteiger partial charge in [-0.15, -0.1) is 5.10 Å². The Kier molecular flexibility index (Phi) is 2.97. The minimum atomic E-state index is -0.422. The van der Waals surface area contributed by atoms with Gasteiger partial charge in [0, 0.05) is 18.5 Å². The summed E-state index contributed by atoms with van der Waals surface area (Å²) in [6.07, 6.45) is 0.416. The maximum atomic E-state index is 11.8. The lowest BCUT2D eigenvalue weighted by molar-refractivity contribution is 0.0245. The van der Waals surface area contributed by atoms with Crippen LogP contribution >= 0.6 is 11.5 Å². The highest BCUT2D eigenvalue weighted by molar-refractivity contribution is 7.03. The van der Waals surface area contributed by atoms with Gasteiger partial charge in [0.15, 0.2) is 5.69 Å². The van der Waals surface area contributed by atoms with Gasteiger partial charge in [-0.05, 0) is 23.9 Å². The summed E-state index contributed by atoms with van der Waals surface area (Å²) in [5.74, 6) is 0.136. The number of aliphatic hydroxyl groups excluding tert-OH is 1. The maximum Gasteiger partial charge on any atom is 0.275 e. The summed E-state index contributed by atoms with van der Waals surface area (Å²) in [5.41, 5.74) is 0.377. The van der Waals surface area contributed by atoms with Crippen LogP contribution in [0.2, 0.25) is 0 Å². The lowest BCUT2D eigenvalue weighted by Gasteiger charge is -2.33. The molecule has 1 aliphatic heterocycles. The minimum Gasteiger partial charge on any atom is -0.391 e. The number of likely N-dealkylation sites (tertiary alicyclic amines) is 1. The zero-order valence-corrected chi connectivity index (χ0v) is 9.28. The van der Waals surface area contributed by atoms with Gasteiger partial charge in [0.1, 0.15) is 0 Å². The average Bonchev–Trinajstić information content (AvgIpc) is 2.74. The van der Waals surface area contributed by atoms with E-state index in [2.05, 4.69) is 9.59 Å². The van der Waals surface area contributed by atoms with Gasteiger partial charge < -0.3 is 10.0 Å². The zero-order valence-electron chi connectivity index (χ0n) is 8.46. The fourth-order valence-corrected chi connectivity index (χ4v) is 2.08. The fourth-order valence-electron chi connectivity index (χ4n) is 1.65. The van der Waals surface area contributed by atoms with Crippen molar-refractivity contribution in [1.29, 1.82) is 0 Å². The van der Waals surface area contributed by atoms with Crippen LogP contribution in [0.25, 0.3) is 0 Å². The van der Waals surface area contributed by atoms with Crippen molar-refractivity contribution in [3.63, 3.8) is 0 Å². The first kappa shape index (κ1) is 10.5. The number of β-amino-alcohol motifs (C(OH)–C–C–N with tert-alkyl or cyclic N) is 1. The molecule has 1 N–H and O–H groups in total. The van der Waals surface area contributed by atoms with Crippen LogP contribution in [0, 0.1) is 5.92 Å². The first-order chi connectivity index (χ1) is 7.18. The molecule has 2 unspecified atom stereocenters. The van der Waals surface area contributed by atoms with Gasteiger partial charge in [0.05, 0.1) is 6.10 Å². The molecule has 0 aliphatic carbocycles. The number of carbonyl (C=O) groups excluding carboxylic acids is 1. The first-order valence-corrected chi connectivity index (χ1v) is 5.76. The van der Waals surface area contributed by atoms with E-state index in [9.17, 15) is 9.90 Å². The van der Waals surface area contributed by atoms with E-state index in [1.165, 1.54) is 0 Å². The Morgan fingerprint density at radius 1 is 1.73 bits per heavy atom. The fraction of sp³-hybridized carbons (Fsp3) is 0.667. The van der Waals surface area contributed by atoms with Gasteiger partial charge in [-0.25, -0.2) is 0 Å². The number of hydrogen-bond acceptors (Lipinski definition) is 5. The molecule has 2 rings (SSSR count). The summed E-state index contributed by atoms with van der Waals surface area (Å²) in [6.45, 7) is 3.09. The lowest BCUT2D eigenvalue weighted by atomic mass is 9.96. The van der Waals surface area contributed by atoms with Crippen LogP contribution in [0.5, 0.6) is 0 Å². The molecule has 1 fully saturated rings. The third-order valence-electron chi connectivity index (χ3n) is 2.79. The molecular formula is C9H13N3O2S. The van der Waals surface area contributed by atoms with E-state index in [4.69, 9.17) is 0 Å². The predicted molar refractivity (Wildman–Crippen MR) is 55.6 cm³/mol. The second-order valence-electron chi connectivity index (χ2n) is 3.87. The number of aliphatic hydroxyl groups is 1. The molecule has 6 heteroatoms. The summed E-state index contributed by atoms with van der Waals surface area (Å²) in [7, 11) is 0. The molecule has 15 heavy (non-hydrogen) atoms. The van der Waals surface area contributed by atoms with Gasteiger partial charge in [-0.1, -0.05) is 11.4 Å². The first-order valence-electron chi connectivity index (χ1n) is 4.93. The molecule has 0 saturated carbocycles. The van der Waals surface area contributed by atoms with Gasteiger partial charge in [0.2, 0.25) is 0 Å². The maximum absolute atomic E-state index is 11.8. The zero-order chi connectivity index (χ0) is 10.8. The van der Waals surface area contributed by atoms with Crippen LogP contribution < -0.4 is 0 Å². The highest BCUT2D eigenvalue weighted by Crippen LogP contribution is 2.18. The Morgan fingerprint density at radius 3 is 3.13 bits per heavy atom. The molecule has 0 aromatic carbocycles. The van der Waals surface area contributed by atoms with Crippen molar-refractivity contribution in [2.75, 3.05) is 13.1 Å². The van der Waals surface area contributed by atoms with Gasteiger partial charge in [0.25, 0.3) is 5.91 Å². The molecule has 1 aromatic rings. The normalized spacial score (nSPS) is 26.7. The Balaban J connectivity index is 2.03. The summed E-state index contributed by atoms with van der Waals surface area (Å²) in [5, 5.41) is 15.0. The van der Waals surface area contributed by atoms with Gasteiger partial charge >= 0.3 is 0 Å². The van der Waals surface area contributed by atoms with Crippen LogP contribution in [0.1, 0.15) is 23.8 Å². The third-order valence-corrected chi connectivity index (χ3v) is 3.29. The van der Waals surface area contributed by atoms with Crippen LogP contribution in [0.3, 0.4) is 0 Å². The van der Waals surface area contributed by atoms with Crippen molar-refractivity contribution in [1.82, 2.24) is 14.5 Å². The average molecular weight is 227 g/mol. The summed E-state index contributed by atoms with van der Waals surface area (Å²) >= 11 is 1.16. The number of rotatable bonds is 1. The van der Waals surface area contributed by atoms with E-state index in [0.29, 0.717) is 18.8 Å². The Morgan fingerprint density at radius 2 is 2.53 bits per heavy atom. The number of aromatic nitrogens is 2. The third kappa shape index (κ3) is 2.15. The highest BCUT2D eigenvalue weighted by atomic mass is 32.1. The monoisotopic (exact) mass is 227 g/mol. The van der Waals surface area contributed by atoms with Crippen LogP contribution in [0.15, 0.2) is 5.38 Å². The molecule has 1 aliphatic rings. The molecule has 1 amide bonds. The number of carbonyl (C=O) groups is 1. The van der Waals surface area contributed by atoms with Crippen molar-refractivity contribution in [2.45, 2.75) is 19.4 Å². The Bertz CT molecular complexity index is 341. The molecule has 0 spiro atoms. The van der Waals surface area contributed by atoms with Crippen LogP contribution in [-0.4, -0.2) is 44.7 Å². The van der Waals surface area contributed by atoms with Crippen molar-refractivity contribution in [3.8, 4) is 0 Å². The summed E-state index contributed by atoms with van der Waals surface area (Å²) < 4.78 is 3.65. The van der Waals surface area contributed by atoms with E-state index in [1.54, 1.807) is 10.3 Å². The van der Waals surface area contributed by atoms with Crippen molar-refractivity contribution in [2.24, 2.45) is 5.92 Å². The number of hydrogen-bond donors (Lipinski definition) is 1. The van der Waals surface area contributed by atoms with Crippen LogP contribution in [-0.2, 0) is 0 Å². The van der Waals surface area contributed by atoms with Gasteiger partial charge in [-0.2, -0.15) is 0 Å². The second-order valence-corrected chi connectivity index (χ2v) is 4.48. The quantitative estimate of drug-likeness (QED) is 0.753. The van der Waals surface area contributed by atoms with E-state index >= 15 is 0 Å². The number of piperidine rings is 1. The Hall–Kier alpha value is -1.01. The van der Waals surface area contributed by atoms with Gasteiger partial charge in [-0.3, -0.25) is 4.79 Å². The summed E-state index contributed by atoms with van der Waals surface area (Å²) in [6, 6.07) is 0. The minimum absolute atomic E-state index is 0.130. The second kappa shape index (κ2) is 4.24. The van der Waals surface area contributed by atoms with Crippen LogP contribution in [0.4, 0.5) is 0 Å². The van der Waals surface area contributed by atoms with Crippen molar-refractivity contribution < 1.29 is 9.90 Å². The molecule has 2 atom stereocenters.